The van der Waals surface area contributed by atoms with E-state index in [9.17, 15) is 4.79 Å². The number of methoxy groups -OCH3 is 2. The van der Waals surface area contributed by atoms with Crippen LogP contribution in [0.2, 0.25) is 0 Å². The monoisotopic (exact) mass is 158 g/mol. The number of ether oxygens (including phenoxy) is 3. The average molecular weight is 158 g/mol. The van der Waals surface area contributed by atoms with E-state index in [-0.39, 0.29) is 5.97 Å². The van der Waals surface area contributed by atoms with Crippen LogP contribution in [-0.4, -0.2) is 26.5 Å². The van der Waals surface area contributed by atoms with Gasteiger partial charge in [0.15, 0.2) is 5.76 Å². The first-order valence-corrected chi connectivity index (χ1v) is 3.24. The average Bonchev–Trinajstić information content (AvgIpc) is 2.39. The third kappa shape index (κ3) is 1.78. The fourth-order valence-electron chi connectivity index (χ4n) is 0.872. The van der Waals surface area contributed by atoms with Gasteiger partial charge in [-0.15, -0.1) is 0 Å². The Bertz CT molecular complexity index is 181. The molecule has 0 aromatic carbocycles. The summed E-state index contributed by atoms with van der Waals surface area (Å²) in [6.07, 6.45) is 1.40. The summed E-state index contributed by atoms with van der Waals surface area (Å²) in [6.45, 7) is 0. The normalized spacial score (nSPS) is 17.0. The predicted octanol–water partition coefficient (Wildman–Crippen LogP) is 0.436. The minimum absolute atomic E-state index is 0.265. The third-order valence-corrected chi connectivity index (χ3v) is 1.36. The standard InChI is InChI=1S/C7H10O4/c1-9-7(10-2)5-3-4-6(8)11-5/h3,7H,4H2,1-2H3. The molecule has 0 spiro atoms. The maximum atomic E-state index is 10.6. The zero-order chi connectivity index (χ0) is 8.27. The lowest BCUT2D eigenvalue weighted by molar-refractivity contribution is -0.146. The fourth-order valence-corrected chi connectivity index (χ4v) is 0.872. The van der Waals surface area contributed by atoms with E-state index in [1.165, 1.54) is 14.2 Å². The molecule has 0 saturated carbocycles. The van der Waals surface area contributed by atoms with E-state index < -0.39 is 6.29 Å². The van der Waals surface area contributed by atoms with Gasteiger partial charge in [0.1, 0.15) is 0 Å². The lowest BCUT2D eigenvalue weighted by Gasteiger charge is -2.12. The Labute approximate surface area is 64.7 Å². The molecule has 0 unspecified atom stereocenters. The highest BCUT2D eigenvalue weighted by atomic mass is 16.7. The summed E-state index contributed by atoms with van der Waals surface area (Å²) in [5.74, 6) is 0.180. The van der Waals surface area contributed by atoms with E-state index in [0.29, 0.717) is 12.2 Å². The molecule has 0 radical (unpaired) electrons. The lowest BCUT2D eigenvalue weighted by Crippen LogP contribution is -2.17. The third-order valence-electron chi connectivity index (χ3n) is 1.36. The number of esters is 1. The molecule has 1 heterocycles. The number of carbonyl (C=O) groups excluding carboxylic acids is 1. The molecule has 0 aliphatic carbocycles. The Morgan fingerprint density at radius 2 is 2.18 bits per heavy atom. The predicted molar refractivity (Wildman–Crippen MR) is 36.6 cm³/mol. The first kappa shape index (κ1) is 8.23. The van der Waals surface area contributed by atoms with Gasteiger partial charge in [-0.25, -0.2) is 0 Å². The number of hydrogen-bond donors (Lipinski definition) is 0. The van der Waals surface area contributed by atoms with Gasteiger partial charge < -0.3 is 14.2 Å². The van der Waals surface area contributed by atoms with Crippen molar-refractivity contribution < 1.29 is 19.0 Å². The van der Waals surface area contributed by atoms with Crippen molar-refractivity contribution in [1.29, 1.82) is 0 Å². The van der Waals surface area contributed by atoms with Crippen molar-refractivity contribution >= 4 is 5.97 Å². The molecule has 1 aliphatic rings. The van der Waals surface area contributed by atoms with Gasteiger partial charge in [0, 0.05) is 14.2 Å². The van der Waals surface area contributed by atoms with Gasteiger partial charge in [-0.05, 0) is 6.08 Å². The summed E-state index contributed by atoms with van der Waals surface area (Å²) >= 11 is 0. The second-order valence-corrected chi connectivity index (χ2v) is 2.09. The van der Waals surface area contributed by atoms with Gasteiger partial charge in [-0.1, -0.05) is 0 Å². The van der Waals surface area contributed by atoms with Crippen molar-refractivity contribution in [2.24, 2.45) is 0 Å². The zero-order valence-corrected chi connectivity index (χ0v) is 6.49. The summed E-state index contributed by atoms with van der Waals surface area (Å²) < 4.78 is 14.5. The van der Waals surface area contributed by atoms with E-state index in [2.05, 4.69) is 0 Å². The Kier molecular flexibility index (Phi) is 2.62. The van der Waals surface area contributed by atoms with Gasteiger partial charge in [-0.2, -0.15) is 0 Å². The Morgan fingerprint density at radius 1 is 1.55 bits per heavy atom. The van der Waals surface area contributed by atoms with Crippen LogP contribution in [0, 0.1) is 0 Å². The molecule has 0 aromatic heterocycles. The SMILES string of the molecule is COC(OC)C1=CCC(=O)O1. The van der Waals surface area contributed by atoms with Crippen LogP contribution in [0.4, 0.5) is 0 Å². The lowest BCUT2D eigenvalue weighted by atomic mass is 10.4. The van der Waals surface area contributed by atoms with Crippen LogP contribution in [0.3, 0.4) is 0 Å². The van der Waals surface area contributed by atoms with Gasteiger partial charge in [0.2, 0.25) is 6.29 Å². The Balaban J connectivity index is 2.53. The Morgan fingerprint density at radius 3 is 2.55 bits per heavy atom. The molecule has 0 aromatic rings. The van der Waals surface area contributed by atoms with Crippen molar-refractivity contribution in [3.8, 4) is 0 Å². The number of carbonyl (C=O) groups is 1. The first-order valence-electron chi connectivity index (χ1n) is 3.24. The molecule has 62 valence electrons. The second-order valence-electron chi connectivity index (χ2n) is 2.09. The van der Waals surface area contributed by atoms with E-state index in [0.717, 1.165) is 0 Å². The topological polar surface area (TPSA) is 44.8 Å². The summed E-state index contributed by atoms with van der Waals surface area (Å²) in [6, 6.07) is 0. The minimum Gasteiger partial charge on any atom is -0.426 e. The van der Waals surface area contributed by atoms with Crippen molar-refractivity contribution in [2.45, 2.75) is 12.7 Å². The van der Waals surface area contributed by atoms with E-state index in [1.54, 1.807) is 6.08 Å². The Hall–Kier alpha value is -0.870. The summed E-state index contributed by atoms with van der Waals surface area (Å²) in [5, 5.41) is 0. The molecule has 4 heteroatoms. The molecule has 11 heavy (non-hydrogen) atoms. The van der Waals surface area contributed by atoms with Crippen LogP contribution < -0.4 is 0 Å². The molecule has 4 nitrogen and oxygen atoms in total. The van der Waals surface area contributed by atoms with Crippen molar-refractivity contribution in [2.75, 3.05) is 14.2 Å². The van der Waals surface area contributed by atoms with Gasteiger partial charge in [0.05, 0.1) is 6.42 Å². The largest absolute Gasteiger partial charge is 0.426 e. The molecule has 0 fully saturated rings. The second kappa shape index (κ2) is 3.50. The minimum atomic E-state index is -0.554. The summed E-state index contributed by atoms with van der Waals surface area (Å²) in [5.41, 5.74) is 0. The fraction of sp³-hybridized carbons (Fsp3) is 0.571. The highest BCUT2D eigenvalue weighted by molar-refractivity contribution is 5.75. The number of rotatable bonds is 3. The van der Waals surface area contributed by atoms with Crippen LogP contribution in [0.15, 0.2) is 11.8 Å². The van der Waals surface area contributed by atoms with E-state index in [1.807, 2.05) is 0 Å². The van der Waals surface area contributed by atoms with Crippen LogP contribution in [0.5, 0.6) is 0 Å². The van der Waals surface area contributed by atoms with Crippen LogP contribution in [-0.2, 0) is 19.0 Å². The summed E-state index contributed by atoms with van der Waals surface area (Å²) in [7, 11) is 2.97. The highest BCUT2D eigenvalue weighted by Gasteiger charge is 2.22. The molecular weight excluding hydrogens is 148 g/mol. The van der Waals surface area contributed by atoms with Crippen molar-refractivity contribution in [3.05, 3.63) is 11.8 Å². The van der Waals surface area contributed by atoms with E-state index in [4.69, 9.17) is 14.2 Å². The van der Waals surface area contributed by atoms with Crippen LogP contribution in [0.1, 0.15) is 6.42 Å². The molecule has 0 bridgehead atoms. The highest BCUT2D eigenvalue weighted by Crippen LogP contribution is 2.16. The molecule has 0 amide bonds. The van der Waals surface area contributed by atoms with Crippen molar-refractivity contribution in [1.82, 2.24) is 0 Å². The molecule has 0 saturated heterocycles. The molecule has 0 N–H and O–H groups in total. The molecule has 1 rings (SSSR count). The number of cyclic esters (lactones) is 1. The van der Waals surface area contributed by atoms with Crippen LogP contribution >= 0.6 is 0 Å². The van der Waals surface area contributed by atoms with Gasteiger partial charge in [0.25, 0.3) is 0 Å². The smallest absolute Gasteiger partial charge is 0.315 e. The number of hydrogen-bond acceptors (Lipinski definition) is 4. The first-order chi connectivity index (χ1) is 5.27. The van der Waals surface area contributed by atoms with Crippen LogP contribution in [0.25, 0.3) is 0 Å². The van der Waals surface area contributed by atoms with Gasteiger partial charge in [-0.3, -0.25) is 4.79 Å². The van der Waals surface area contributed by atoms with Gasteiger partial charge >= 0.3 is 5.97 Å². The zero-order valence-electron chi connectivity index (χ0n) is 6.49. The quantitative estimate of drug-likeness (QED) is 0.441. The van der Waals surface area contributed by atoms with E-state index >= 15 is 0 Å². The maximum Gasteiger partial charge on any atom is 0.315 e. The maximum absolute atomic E-state index is 10.6. The van der Waals surface area contributed by atoms with Crippen molar-refractivity contribution in [3.63, 3.8) is 0 Å². The molecule has 0 atom stereocenters. The molecule has 1 aliphatic heterocycles. The summed E-state index contributed by atoms with van der Waals surface area (Å²) in [4.78, 5) is 10.6. The molecular formula is C7H10O4.